The molecule has 1 saturated heterocycles. The molecule has 213 valence electrons. The standard InChI is InChI=1S/C28H31BrN7O4Si/c1-18-12-19(7-8-23(18)39-20-6-5-9-30-14-20)33-25-24-22(31-15-32-25)13-21(29)26(34-24)35-10-11-36(41(16-35)17-37)27(38)40-28(2,3)4/h5-9,12-15,37H,10-11,16-17H2,1-4H3,(H,31,32,33). The SMILES string of the molecule is Cc1cc(Nc2ncnc3cc(Br)c(N4CCN(C(=O)OC(C)(C)C)[Si](CO)C4)nc23)ccc1Oc1cccnc1. The summed E-state index contributed by atoms with van der Waals surface area (Å²) in [7, 11) is -1.63. The van der Waals surface area contributed by atoms with Crippen LogP contribution in [0.2, 0.25) is 0 Å². The van der Waals surface area contributed by atoms with Crippen molar-refractivity contribution in [3.8, 4) is 11.5 Å². The van der Waals surface area contributed by atoms with Crippen molar-refractivity contribution in [1.82, 2.24) is 24.5 Å². The number of aryl methyl sites for hydroxylation is 1. The minimum atomic E-state index is -1.63. The summed E-state index contributed by atoms with van der Waals surface area (Å²) in [6, 6.07) is 11.4. The summed E-state index contributed by atoms with van der Waals surface area (Å²) in [4.78, 5) is 32.8. The van der Waals surface area contributed by atoms with Crippen LogP contribution in [0.5, 0.6) is 11.5 Å². The van der Waals surface area contributed by atoms with Gasteiger partial charge in [-0.15, -0.1) is 0 Å². The fourth-order valence-electron chi connectivity index (χ4n) is 4.40. The molecule has 2 N–H and O–H groups in total. The Bertz CT molecular complexity index is 1550. The van der Waals surface area contributed by atoms with Gasteiger partial charge in [0.1, 0.15) is 34.8 Å². The Hall–Kier alpha value is -3.81. The van der Waals surface area contributed by atoms with Crippen LogP contribution in [0.1, 0.15) is 26.3 Å². The number of nitrogens with zero attached hydrogens (tertiary/aromatic N) is 6. The molecule has 41 heavy (non-hydrogen) atoms. The van der Waals surface area contributed by atoms with Gasteiger partial charge in [0.05, 0.1) is 22.4 Å². The van der Waals surface area contributed by atoms with E-state index in [1.54, 1.807) is 17.0 Å². The molecule has 4 aromatic rings. The van der Waals surface area contributed by atoms with E-state index in [2.05, 4.69) is 41.1 Å². The van der Waals surface area contributed by atoms with Gasteiger partial charge in [0.2, 0.25) is 8.96 Å². The van der Waals surface area contributed by atoms with Gasteiger partial charge in [-0.1, -0.05) is 0 Å². The van der Waals surface area contributed by atoms with E-state index in [0.29, 0.717) is 47.7 Å². The normalized spacial score (nSPS) is 14.3. The van der Waals surface area contributed by atoms with Crippen molar-refractivity contribution in [3.05, 3.63) is 65.2 Å². The molecule has 11 nitrogen and oxygen atoms in total. The van der Waals surface area contributed by atoms with E-state index >= 15 is 0 Å². The largest absolute Gasteiger partial charge is 0.455 e. The number of halogens is 1. The number of rotatable bonds is 6. The first kappa shape index (κ1) is 28.7. The van der Waals surface area contributed by atoms with E-state index in [1.807, 2.05) is 64.1 Å². The molecule has 0 spiro atoms. The Balaban J connectivity index is 1.38. The molecule has 5 rings (SSSR count). The number of ether oxygens (including phenoxy) is 2. The van der Waals surface area contributed by atoms with Crippen LogP contribution in [0.25, 0.3) is 11.0 Å². The number of hydrogen-bond donors (Lipinski definition) is 2. The van der Waals surface area contributed by atoms with Gasteiger partial charge in [0.15, 0.2) is 5.82 Å². The monoisotopic (exact) mass is 636 g/mol. The van der Waals surface area contributed by atoms with Gasteiger partial charge in [-0.05, 0) is 85.6 Å². The zero-order chi connectivity index (χ0) is 29.1. The molecule has 1 aliphatic rings. The Morgan fingerprint density at radius 2 is 2.02 bits per heavy atom. The summed E-state index contributed by atoms with van der Waals surface area (Å²) in [5.41, 5.74) is 2.44. The number of carbonyl (C=O) groups excluding carboxylic acids is 1. The summed E-state index contributed by atoms with van der Waals surface area (Å²) in [5.74, 6) is 2.65. The fourth-order valence-corrected chi connectivity index (χ4v) is 6.86. The number of benzene rings is 1. The highest BCUT2D eigenvalue weighted by Crippen LogP contribution is 2.33. The van der Waals surface area contributed by atoms with E-state index in [-0.39, 0.29) is 6.23 Å². The number of hydrogen-bond acceptors (Lipinski definition) is 10. The number of carbonyl (C=O) groups is 1. The lowest BCUT2D eigenvalue weighted by atomic mass is 10.2. The number of aromatic nitrogens is 4. The number of fused-ring (bicyclic) bond motifs is 1. The summed E-state index contributed by atoms with van der Waals surface area (Å²) in [6.07, 6.45) is 4.87. The number of anilines is 3. The molecule has 13 heteroatoms. The molecule has 1 fully saturated rings. The van der Waals surface area contributed by atoms with Crippen molar-refractivity contribution in [1.29, 1.82) is 0 Å². The van der Waals surface area contributed by atoms with E-state index in [0.717, 1.165) is 21.5 Å². The first-order valence-corrected chi connectivity index (χ1v) is 15.7. The van der Waals surface area contributed by atoms with Gasteiger partial charge in [-0.25, -0.2) is 19.7 Å². The third-order valence-electron chi connectivity index (χ3n) is 6.29. The van der Waals surface area contributed by atoms with Crippen LogP contribution in [0, 0.1) is 6.92 Å². The lowest BCUT2D eigenvalue weighted by Gasteiger charge is -2.40. The average Bonchev–Trinajstić information content (AvgIpc) is 2.93. The molecule has 0 unspecified atom stereocenters. The lowest BCUT2D eigenvalue weighted by molar-refractivity contribution is 0.0371. The average molecular weight is 638 g/mol. The third kappa shape index (κ3) is 6.74. The zero-order valence-electron chi connectivity index (χ0n) is 23.3. The Morgan fingerprint density at radius 1 is 1.20 bits per heavy atom. The van der Waals surface area contributed by atoms with E-state index in [4.69, 9.17) is 14.5 Å². The third-order valence-corrected chi connectivity index (χ3v) is 9.15. The Labute approximate surface area is 248 Å². The molecule has 1 amide bonds. The van der Waals surface area contributed by atoms with Crippen LogP contribution in [-0.4, -0.2) is 75.7 Å². The Morgan fingerprint density at radius 3 is 2.73 bits per heavy atom. The van der Waals surface area contributed by atoms with Crippen LogP contribution in [0.15, 0.2) is 59.6 Å². The molecule has 1 aromatic carbocycles. The first-order valence-electron chi connectivity index (χ1n) is 13.1. The maximum atomic E-state index is 12.8. The van der Waals surface area contributed by atoms with Crippen molar-refractivity contribution < 1.29 is 19.4 Å². The highest BCUT2D eigenvalue weighted by molar-refractivity contribution is 9.10. The minimum Gasteiger partial charge on any atom is -0.455 e. The van der Waals surface area contributed by atoms with Crippen molar-refractivity contribution in [3.63, 3.8) is 0 Å². The summed E-state index contributed by atoms with van der Waals surface area (Å²) in [5, 5.41) is 13.5. The number of aliphatic hydroxyl groups is 1. The van der Waals surface area contributed by atoms with Gasteiger partial charge in [-0.2, -0.15) is 0 Å². The lowest BCUT2D eigenvalue weighted by Crippen LogP contribution is -2.61. The number of nitrogens with one attached hydrogen (secondary N) is 1. The smallest absolute Gasteiger partial charge is 0.402 e. The van der Waals surface area contributed by atoms with Gasteiger partial charge in [0, 0.05) is 31.1 Å². The van der Waals surface area contributed by atoms with Crippen LogP contribution >= 0.6 is 15.9 Å². The molecule has 0 bridgehead atoms. The number of amides is 1. The summed E-state index contributed by atoms with van der Waals surface area (Å²) < 4.78 is 14.0. The maximum absolute atomic E-state index is 12.8. The van der Waals surface area contributed by atoms with Gasteiger partial charge in [-0.3, -0.25) is 4.98 Å². The summed E-state index contributed by atoms with van der Waals surface area (Å²) in [6.45, 7) is 8.45. The number of pyridine rings is 2. The van der Waals surface area contributed by atoms with Crippen molar-refractivity contribution in [2.45, 2.75) is 33.3 Å². The topological polar surface area (TPSA) is 126 Å². The van der Waals surface area contributed by atoms with Crippen LogP contribution in [-0.2, 0) is 4.74 Å². The highest BCUT2D eigenvalue weighted by Gasteiger charge is 2.36. The van der Waals surface area contributed by atoms with E-state index in [1.165, 1.54) is 6.33 Å². The molecule has 4 heterocycles. The van der Waals surface area contributed by atoms with Crippen molar-refractivity contribution in [2.24, 2.45) is 0 Å². The number of aliphatic hydroxyl groups excluding tert-OH is 1. The zero-order valence-corrected chi connectivity index (χ0v) is 25.8. The van der Waals surface area contributed by atoms with Crippen molar-refractivity contribution >= 4 is 59.3 Å². The van der Waals surface area contributed by atoms with Crippen LogP contribution in [0.4, 0.5) is 22.1 Å². The molecule has 1 radical (unpaired) electrons. The molecule has 3 aromatic heterocycles. The molecule has 0 aliphatic carbocycles. The molecular formula is C28H31BrN7O4Si. The molecule has 0 saturated carbocycles. The van der Waals surface area contributed by atoms with Crippen LogP contribution in [0.3, 0.4) is 0 Å². The molecule has 1 aliphatic heterocycles. The molecule has 0 atom stereocenters. The second-order valence-electron chi connectivity index (χ2n) is 10.6. The fraction of sp³-hybridized carbons (Fsp3) is 0.321. The van der Waals surface area contributed by atoms with Gasteiger partial charge < -0.3 is 29.4 Å². The first-order chi connectivity index (χ1) is 19.6. The highest BCUT2D eigenvalue weighted by atomic mass is 79.9. The predicted molar refractivity (Wildman–Crippen MR) is 162 cm³/mol. The van der Waals surface area contributed by atoms with Gasteiger partial charge in [0.25, 0.3) is 0 Å². The Kier molecular flexibility index (Phi) is 8.38. The summed E-state index contributed by atoms with van der Waals surface area (Å²) >= 11 is 3.65. The molecular weight excluding hydrogens is 606 g/mol. The van der Waals surface area contributed by atoms with E-state index < -0.39 is 20.7 Å². The second-order valence-corrected chi connectivity index (χ2v) is 13.7. The van der Waals surface area contributed by atoms with E-state index in [9.17, 15) is 9.90 Å². The quantitative estimate of drug-likeness (QED) is 0.275. The predicted octanol–water partition coefficient (Wildman–Crippen LogP) is 5.15. The van der Waals surface area contributed by atoms with Gasteiger partial charge >= 0.3 is 6.09 Å². The second kappa shape index (κ2) is 12.0. The minimum absolute atomic E-state index is 0.0959. The van der Waals surface area contributed by atoms with Crippen molar-refractivity contribution in [2.75, 3.05) is 35.7 Å². The maximum Gasteiger partial charge on any atom is 0.402 e. The van der Waals surface area contributed by atoms with Crippen LogP contribution < -0.4 is 15.0 Å².